The molecule has 1 atom stereocenters. The molecule has 0 aliphatic carbocycles. The fourth-order valence-corrected chi connectivity index (χ4v) is 3.75. The van der Waals surface area contributed by atoms with E-state index in [4.69, 9.17) is 28.3 Å². The number of rotatable bonds is 3. The minimum absolute atomic E-state index is 0.230. The normalized spacial score (nSPS) is 17.8. The Morgan fingerprint density at radius 2 is 2.08 bits per heavy atom. The van der Waals surface area contributed by atoms with Crippen LogP contribution in [0.5, 0.6) is 0 Å². The van der Waals surface area contributed by atoms with Crippen molar-refractivity contribution in [3.8, 4) is 10.6 Å². The van der Waals surface area contributed by atoms with E-state index in [1.807, 2.05) is 0 Å². The number of halogens is 2. The summed E-state index contributed by atoms with van der Waals surface area (Å²) in [5, 5.41) is 12.4. The van der Waals surface area contributed by atoms with E-state index in [9.17, 15) is 9.59 Å². The van der Waals surface area contributed by atoms with E-state index < -0.39 is 11.9 Å². The Balaban J connectivity index is 1.78. The van der Waals surface area contributed by atoms with Crippen molar-refractivity contribution in [3.05, 3.63) is 39.3 Å². The number of carbonyl (C=O) groups is 2. The number of benzene rings is 1. The first kappa shape index (κ1) is 17.2. The van der Waals surface area contributed by atoms with E-state index in [1.54, 1.807) is 28.5 Å². The number of thiazole rings is 1. The molecule has 5 nitrogen and oxygen atoms in total. The van der Waals surface area contributed by atoms with Gasteiger partial charge in [0.15, 0.2) is 0 Å². The smallest absolute Gasteiger partial charge is 0.308 e. The summed E-state index contributed by atoms with van der Waals surface area (Å²) in [4.78, 5) is 29.6. The number of hydrogen-bond donors (Lipinski definition) is 1. The monoisotopic (exact) mass is 384 g/mol. The Morgan fingerprint density at radius 1 is 1.29 bits per heavy atom. The molecule has 1 aliphatic heterocycles. The minimum Gasteiger partial charge on any atom is -0.481 e. The summed E-state index contributed by atoms with van der Waals surface area (Å²) < 4.78 is 0. The van der Waals surface area contributed by atoms with E-state index in [1.165, 1.54) is 11.3 Å². The van der Waals surface area contributed by atoms with Gasteiger partial charge >= 0.3 is 5.97 Å². The third-order valence-corrected chi connectivity index (χ3v) is 5.58. The van der Waals surface area contributed by atoms with E-state index in [0.717, 1.165) is 5.56 Å². The quantitative estimate of drug-likeness (QED) is 0.865. The Hall–Kier alpha value is -1.63. The molecule has 0 saturated carbocycles. The number of aliphatic carboxylic acids is 1. The summed E-state index contributed by atoms with van der Waals surface area (Å²) in [5.74, 6) is -1.60. The summed E-state index contributed by atoms with van der Waals surface area (Å²) >= 11 is 13.3. The molecule has 1 aromatic heterocycles. The highest BCUT2D eigenvalue weighted by Crippen LogP contribution is 2.30. The van der Waals surface area contributed by atoms with Crippen LogP contribution in [-0.4, -0.2) is 40.0 Å². The van der Waals surface area contributed by atoms with Crippen LogP contribution < -0.4 is 0 Å². The number of nitrogens with zero attached hydrogens (tertiary/aromatic N) is 2. The molecule has 0 unspecified atom stereocenters. The lowest BCUT2D eigenvalue weighted by Crippen LogP contribution is -2.42. The molecule has 2 aromatic rings. The lowest BCUT2D eigenvalue weighted by molar-refractivity contribution is -0.143. The Kier molecular flexibility index (Phi) is 5.08. The predicted molar refractivity (Wildman–Crippen MR) is 93.8 cm³/mol. The number of hydrogen-bond acceptors (Lipinski definition) is 4. The average Bonchev–Trinajstić information content (AvgIpc) is 3.06. The second-order valence-electron chi connectivity index (χ2n) is 5.60. The number of likely N-dealkylation sites (tertiary alicyclic amines) is 1. The first-order valence-electron chi connectivity index (χ1n) is 7.38. The van der Waals surface area contributed by atoms with Gasteiger partial charge in [-0.3, -0.25) is 9.59 Å². The Labute approximate surface area is 152 Å². The maximum atomic E-state index is 12.6. The number of carboxylic acid groups (broad SMARTS) is 1. The van der Waals surface area contributed by atoms with E-state index >= 15 is 0 Å². The van der Waals surface area contributed by atoms with Gasteiger partial charge in [-0.25, -0.2) is 4.98 Å². The second kappa shape index (κ2) is 7.09. The van der Waals surface area contributed by atoms with Crippen molar-refractivity contribution >= 4 is 46.4 Å². The van der Waals surface area contributed by atoms with Gasteiger partial charge in [0.05, 0.1) is 16.0 Å². The zero-order valence-electron chi connectivity index (χ0n) is 12.5. The maximum Gasteiger partial charge on any atom is 0.308 e. The van der Waals surface area contributed by atoms with E-state index in [2.05, 4.69) is 4.98 Å². The molecule has 3 rings (SSSR count). The van der Waals surface area contributed by atoms with Gasteiger partial charge in [-0.05, 0) is 25.0 Å². The van der Waals surface area contributed by atoms with Gasteiger partial charge in [-0.15, -0.1) is 11.3 Å². The number of carboxylic acids is 1. The van der Waals surface area contributed by atoms with Gasteiger partial charge in [-0.2, -0.15) is 0 Å². The number of piperidine rings is 1. The standard InChI is InChI=1S/C16H14Cl2N2O3S/c17-11-4-3-9(6-12(11)18)14-19-13(8-24-14)15(21)20-5-1-2-10(7-20)16(22)23/h3-4,6,8,10H,1-2,5,7H2,(H,22,23)/t10-/m0/s1. The molecule has 1 fully saturated rings. The maximum absolute atomic E-state index is 12.6. The molecule has 2 heterocycles. The van der Waals surface area contributed by atoms with Crippen molar-refractivity contribution < 1.29 is 14.7 Å². The fraction of sp³-hybridized carbons (Fsp3) is 0.312. The average molecular weight is 385 g/mol. The van der Waals surface area contributed by atoms with Gasteiger partial charge in [0.25, 0.3) is 5.91 Å². The van der Waals surface area contributed by atoms with Crippen LogP contribution in [0.3, 0.4) is 0 Å². The van der Waals surface area contributed by atoms with Crippen molar-refractivity contribution in [1.29, 1.82) is 0 Å². The zero-order chi connectivity index (χ0) is 17.3. The van der Waals surface area contributed by atoms with Crippen LogP contribution in [-0.2, 0) is 4.79 Å². The number of aromatic nitrogens is 1. The first-order valence-corrected chi connectivity index (χ1v) is 9.02. The van der Waals surface area contributed by atoms with Crippen LogP contribution in [0.2, 0.25) is 10.0 Å². The molecule has 1 saturated heterocycles. The predicted octanol–water partition coefficient (Wildman–Crippen LogP) is 4.05. The number of carbonyl (C=O) groups excluding carboxylic acids is 1. The molecule has 1 amide bonds. The van der Waals surface area contributed by atoms with Gasteiger partial charge in [0.1, 0.15) is 10.7 Å². The lowest BCUT2D eigenvalue weighted by atomic mass is 9.98. The molecule has 1 N–H and O–H groups in total. The topological polar surface area (TPSA) is 70.5 Å². The SMILES string of the molecule is O=C(O)[C@H]1CCCN(C(=O)c2csc(-c3ccc(Cl)c(Cl)c3)n2)C1. The minimum atomic E-state index is -0.859. The number of amides is 1. The molecule has 1 aromatic carbocycles. The Morgan fingerprint density at radius 3 is 2.79 bits per heavy atom. The first-order chi connectivity index (χ1) is 11.5. The summed E-state index contributed by atoms with van der Waals surface area (Å²) in [6.07, 6.45) is 1.29. The van der Waals surface area contributed by atoms with Crippen LogP contribution in [0.25, 0.3) is 10.6 Å². The van der Waals surface area contributed by atoms with Crippen molar-refractivity contribution in [2.75, 3.05) is 13.1 Å². The van der Waals surface area contributed by atoms with Gasteiger partial charge < -0.3 is 10.0 Å². The van der Waals surface area contributed by atoms with Crippen LogP contribution in [0, 0.1) is 5.92 Å². The lowest BCUT2D eigenvalue weighted by Gasteiger charge is -2.30. The molecular weight excluding hydrogens is 371 g/mol. The second-order valence-corrected chi connectivity index (χ2v) is 7.27. The highest BCUT2D eigenvalue weighted by Gasteiger charge is 2.29. The molecular formula is C16H14Cl2N2O3S. The summed E-state index contributed by atoms with van der Waals surface area (Å²) in [6.45, 7) is 0.788. The molecule has 8 heteroatoms. The third kappa shape index (κ3) is 3.55. The van der Waals surface area contributed by atoms with Crippen molar-refractivity contribution in [2.45, 2.75) is 12.8 Å². The zero-order valence-corrected chi connectivity index (χ0v) is 14.9. The molecule has 24 heavy (non-hydrogen) atoms. The van der Waals surface area contributed by atoms with Crippen molar-refractivity contribution in [2.24, 2.45) is 5.92 Å². The highest BCUT2D eigenvalue weighted by molar-refractivity contribution is 7.13. The fourth-order valence-electron chi connectivity index (χ4n) is 2.66. The summed E-state index contributed by atoms with van der Waals surface area (Å²) in [5.41, 5.74) is 1.11. The molecule has 0 bridgehead atoms. The largest absolute Gasteiger partial charge is 0.481 e. The van der Waals surface area contributed by atoms with E-state index in [0.29, 0.717) is 40.1 Å². The molecule has 126 valence electrons. The summed E-state index contributed by atoms with van der Waals surface area (Å²) in [6, 6.07) is 5.19. The highest BCUT2D eigenvalue weighted by atomic mass is 35.5. The van der Waals surface area contributed by atoms with Crippen molar-refractivity contribution in [3.63, 3.8) is 0 Å². The van der Waals surface area contributed by atoms with Gasteiger partial charge in [0, 0.05) is 24.0 Å². The van der Waals surface area contributed by atoms with Crippen LogP contribution in [0.1, 0.15) is 23.3 Å². The van der Waals surface area contributed by atoms with Crippen molar-refractivity contribution in [1.82, 2.24) is 9.88 Å². The summed E-state index contributed by atoms with van der Waals surface area (Å²) in [7, 11) is 0. The van der Waals surface area contributed by atoms with E-state index in [-0.39, 0.29) is 12.5 Å². The molecule has 0 radical (unpaired) electrons. The van der Waals surface area contributed by atoms with Crippen LogP contribution >= 0.6 is 34.5 Å². The third-order valence-electron chi connectivity index (χ3n) is 3.95. The van der Waals surface area contributed by atoms with Crippen LogP contribution in [0.15, 0.2) is 23.6 Å². The van der Waals surface area contributed by atoms with Gasteiger partial charge in [-0.1, -0.05) is 29.3 Å². The Bertz CT molecular complexity index is 793. The molecule has 1 aliphatic rings. The van der Waals surface area contributed by atoms with Crippen LogP contribution in [0.4, 0.5) is 0 Å². The molecule has 0 spiro atoms. The van der Waals surface area contributed by atoms with Gasteiger partial charge in [0.2, 0.25) is 0 Å².